The third-order valence-corrected chi connectivity index (χ3v) is 4.31. The van der Waals surface area contributed by atoms with Gasteiger partial charge in [-0.1, -0.05) is 13.8 Å². The summed E-state index contributed by atoms with van der Waals surface area (Å²) in [5, 5.41) is 6.88. The summed E-state index contributed by atoms with van der Waals surface area (Å²) in [5.74, 6) is 0.860. The van der Waals surface area contributed by atoms with E-state index < -0.39 is 0 Å². The van der Waals surface area contributed by atoms with Gasteiger partial charge in [-0.25, -0.2) is 0 Å². The van der Waals surface area contributed by atoms with Gasteiger partial charge in [0.2, 0.25) is 0 Å². The van der Waals surface area contributed by atoms with Crippen molar-refractivity contribution in [3.05, 3.63) is 0 Å². The van der Waals surface area contributed by atoms with Gasteiger partial charge >= 0.3 is 0 Å². The monoisotopic (exact) mass is 255 g/mol. The molecule has 1 aliphatic carbocycles. The van der Waals surface area contributed by atoms with E-state index in [1.807, 2.05) is 7.05 Å². The first kappa shape index (κ1) is 15.3. The summed E-state index contributed by atoms with van der Waals surface area (Å²) in [6, 6.07) is 0.385. The van der Waals surface area contributed by atoms with Crippen LogP contribution in [0.5, 0.6) is 0 Å². The van der Waals surface area contributed by atoms with Crippen LogP contribution in [-0.2, 0) is 4.74 Å². The molecule has 106 valence electrons. The lowest BCUT2D eigenvalue weighted by Crippen LogP contribution is -2.70. The van der Waals surface area contributed by atoms with Crippen LogP contribution in [-0.4, -0.2) is 37.3 Å². The number of hydrogen-bond acceptors (Lipinski definition) is 2. The lowest BCUT2D eigenvalue weighted by Gasteiger charge is -2.59. The average Bonchev–Trinajstić information content (AvgIpc) is 2.25. The fourth-order valence-corrected chi connectivity index (χ4v) is 2.40. The molecular weight excluding hydrogens is 226 g/mol. The van der Waals surface area contributed by atoms with Crippen molar-refractivity contribution in [2.24, 2.45) is 10.4 Å². The number of ether oxygens (including phenoxy) is 1. The number of rotatable bonds is 2. The molecule has 1 saturated carbocycles. The Bertz CT molecular complexity index is 330. The highest BCUT2D eigenvalue weighted by Gasteiger charge is 2.58. The number of hydrogen-bond donors (Lipinski definition) is 2. The molecule has 4 nitrogen and oxygen atoms in total. The standard InChI is InChI=1S/C14H29N3O/c1-12(2,3)17-11(15-7)16-10-9-14(6,18-8)13(10,4)5/h10H,9H2,1-8H3,(H2,15,16,17). The van der Waals surface area contributed by atoms with Gasteiger partial charge in [0.25, 0.3) is 0 Å². The van der Waals surface area contributed by atoms with Gasteiger partial charge in [0, 0.05) is 31.2 Å². The van der Waals surface area contributed by atoms with Gasteiger partial charge in [0.05, 0.1) is 5.60 Å². The van der Waals surface area contributed by atoms with Crippen LogP contribution in [0, 0.1) is 5.41 Å². The molecule has 0 amide bonds. The first-order chi connectivity index (χ1) is 8.05. The highest BCUT2D eigenvalue weighted by molar-refractivity contribution is 5.81. The molecule has 1 rings (SSSR count). The number of nitrogens with zero attached hydrogens (tertiary/aromatic N) is 1. The SMILES string of the molecule is CN=C(NC1CC(C)(OC)C1(C)C)NC(C)(C)C. The number of guanidine groups is 1. The van der Waals surface area contributed by atoms with Crippen molar-refractivity contribution in [2.75, 3.05) is 14.2 Å². The van der Waals surface area contributed by atoms with E-state index in [4.69, 9.17) is 4.74 Å². The molecule has 0 aliphatic heterocycles. The predicted molar refractivity (Wildman–Crippen MR) is 77.0 cm³/mol. The van der Waals surface area contributed by atoms with Gasteiger partial charge in [-0.05, 0) is 34.1 Å². The van der Waals surface area contributed by atoms with E-state index in [1.165, 1.54) is 0 Å². The Balaban J connectivity index is 2.65. The van der Waals surface area contributed by atoms with Crippen LogP contribution in [0.1, 0.15) is 48.0 Å². The minimum absolute atomic E-state index is 0.0142. The van der Waals surface area contributed by atoms with Crippen molar-refractivity contribution >= 4 is 5.96 Å². The van der Waals surface area contributed by atoms with Gasteiger partial charge in [0.15, 0.2) is 5.96 Å². The minimum atomic E-state index is -0.0503. The lowest BCUT2D eigenvalue weighted by atomic mass is 9.56. The highest BCUT2D eigenvalue weighted by atomic mass is 16.5. The zero-order valence-electron chi connectivity index (χ0n) is 13.1. The summed E-state index contributed by atoms with van der Waals surface area (Å²) in [4.78, 5) is 4.29. The molecule has 0 spiro atoms. The third kappa shape index (κ3) is 2.79. The number of methoxy groups -OCH3 is 1. The fraction of sp³-hybridized carbons (Fsp3) is 0.929. The van der Waals surface area contributed by atoms with Crippen LogP contribution in [0.4, 0.5) is 0 Å². The summed E-state index contributed by atoms with van der Waals surface area (Å²) in [6.45, 7) is 13.0. The van der Waals surface area contributed by atoms with E-state index in [2.05, 4.69) is 57.2 Å². The largest absolute Gasteiger partial charge is 0.378 e. The van der Waals surface area contributed by atoms with Crippen LogP contribution >= 0.6 is 0 Å². The average molecular weight is 255 g/mol. The summed E-state index contributed by atoms with van der Waals surface area (Å²) in [5.41, 5.74) is 0.0583. The number of aliphatic imine (C=N–C) groups is 1. The molecule has 0 heterocycles. The Morgan fingerprint density at radius 3 is 2.17 bits per heavy atom. The second-order valence-corrected chi connectivity index (χ2v) is 7.00. The molecule has 0 aromatic rings. The van der Waals surface area contributed by atoms with E-state index in [-0.39, 0.29) is 16.6 Å². The van der Waals surface area contributed by atoms with Gasteiger partial charge in [-0.3, -0.25) is 4.99 Å². The molecular formula is C14H29N3O. The van der Waals surface area contributed by atoms with Crippen LogP contribution in [0.25, 0.3) is 0 Å². The van der Waals surface area contributed by atoms with Crippen LogP contribution in [0.2, 0.25) is 0 Å². The molecule has 0 aromatic heterocycles. The molecule has 0 radical (unpaired) electrons. The summed E-state index contributed by atoms with van der Waals surface area (Å²) >= 11 is 0. The van der Waals surface area contributed by atoms with Gasteiger partial charge in [-0.15, -0.1) is 0 Å². The van der Waals surface area contributed by atoms with Crippen molar-refractivity contribution in [3.8, 4) is 0 Å². The van der Waals surface area contributed by atoms with E-state index in [1.54, 1.807) is 7.11 Å². The summed E-state index contributed by atoms with van der Waals surface area (Å²) in [7, 11) is 3.60. The zero-order valence-corrected chi connectivity index (χ0v) is 13.1. The fourth-order valence-electron chi connectivity index (χ4n) is 2.40. The Kier molecular flexibility index (Phi) is 4.01. The van der Waals surface area contributed by atoms with E-state index in [9.17, 15) is 0 Å². The van der Waals surface area contributed by atoms with Crippen molar-refractivity contribution in [2.45, 2.75) is 65.1 Å². The van der Waals surface area contributed by atoms with Gasteiger partial charge < -0.3 is 15.4 Å². The zero-order chi connectivity index (χ0) is 14.2. The Hall–Kier alpha value is -0.770. The molecule has 18 heavy (non-hydrogen) atoms. The molecule has 1 aliphatic rings. The van der Waals surface area contributed by atoms with Gasteiger partial charge in [-0.2, -0.15) is 0 Å². The maximum atomic E-state index is 5.63. The Morgan fingerprint density at radius 2 is 1.83 bits per heavy atom. The van der Waals surface area contributed by atoms with Gasteiger partial charge in [0.1, 0.15) is 0 Å². The highest BCUT2D eigenvalue weighted by Crippen LogP contribution is 2.51. The lowest BCUT2D eigenvalue weighted by molar-refractivity contribution is -0.176. The van der Waals surface area contributed by atoms with Crippen LogP contribution < -0.4 is 10.6 Å². The van der Waals surface area contributed by atoms with Crippen molar-refractivity contribution in [1.82, 2.24) is 10.6 Å². The molecule has 0 bridgehead atoms. The van der Waals surface area contributed by atoms with Crippen molar-refractivity contribution in [3.63, 3.8) is 0 Å². The first-order valence-electron chi connectivity index (χ1n) is 6.62. The maximum absolute atomic E-state index is 5.63. The molecule has 1 fully saturated rings. The molecule has 2 atom stereocenters. The first-order valence-corrected chi connectivity index (χ1v) is 6.62. The quantitative estimate of drug-likeness (QED) is 0.587. The molecule has 0 saturated heterocycles. The van der Waals surface area contributed by atoms with E-state index in [0.717, 1.165) is 12.4 Å². The van der Waals surface area contributed by atoms with E-state index >= 15 is 0 Å². The predicted octanol–water partition coefficient (Wildman–Crippen LogP) is 2.15. The molecule has 4 heteroatoms. The molecule has 2 N–H and O–H groups in total. The normalized spacial score (nSPS) is 31.8. The Labute approximate surface area is 112 Å². The smallest absolute Gasteiger partial charge is 0.191 e. The Morgan fingerprint density at radius 1 is 1.28 bits per heavy atom. The summed E-state index contributed by atoms with van der Waals surface area (Å²) in [6.07, 6.45) is 1.00. The third-order valence-electron chi connectivity index (χ3n) is 4.31. The van der Waals surface area contributed by atoms with Crippen molar-refractivity contribution in [1.29, 1.82) is 0 Å². The minimum Gasteiger partial charge on any atom is -0.378 e. The van der Waals surface area contributed by atoms with E-state index in [0.29, 0.717) is 6.04 Å². The second-order valence-electron chi connectivity index (χ2n) is 7.00. The number of nitrogens with one attached hydrogen (secondary N) is 2. The molecule has 2 unspecified atom stereocenters. The van der Waals surface area contributed by atoms with Crippen molar-refractivity contribution < 1.29 is 4.74 Å². The van der Waals surface area contributed by atoms with Crippen LogP contribution in [0.3, 0.4) is 0 Å². The maximum Gasteiger partial charge on any atom is 0.191 e. The van der Waals surface area contributed by atoms with Crippen LogP contribution in [0.15, 0.2) is 4.99 Å². The summed E-state index contributed by atoms with van der Waals surface area (Å²) < 4.78 is 5.63. The second kappa shape index (κ2) is 4.72. The topological polar surface area (TPSA) is 45.7 Å². The molecule has 0 aromatic carbocycles.